The molecule has 6 heteroatoms. The van der Waals surface area contributed by atoms with E-state index in [1.165, 1.54) is 4.90 Å². The third kappa shape index (κ3) is 2.45. The first-order valence-electron chi connectivity index (χ1n) is 5.06. The lowest BCUT2D eigenvalue weighted by molar-refractivity contribution is -0.123. The molecule has 1 saturated heterocycles. The van der Waals surface area contributed by atoms with E-state index in [4.69, 9.17) is 11.6 Å². The molecule has 17 heavy (non-hydrogen) atoms. The molecule has 4 nitrogen and oxygen atoms in total. The van der Waals surface area contributed by atoms with E-state index in [2.05, 4.69) is 21.2 Å². The fourth-order valence-corrected chi connectivity index (χ4v) is 2.26. The number of nitrogens with zero attached hydrogens (tertiary/aromatic N) is 1. The summed E-state index contributed by atoms with van der Waals surface area (Å²) in [5, 5.41) is 2.85. The summed E-state index contributed by atoms with van der Waals surface area (Å²) < 4.78 is 0.763. The molecule has 0 aromatic heterocycles. The van der Waals surface area contributed by atoms with Crippen LogP contribution in [0.25, 0.3) is 0 Å². The maximum Gasteiger partial charge on any atom is 0.328 e. The molecule has 1 aromatic rings. The normalized spacial score (nSPS) is 20.4. The Kier molecular flexibility index (Phi) is 3.40. The zero-order valence-corrected chi connectivity index (χ0v) is 11.4. The number of rotatable bonds is 1. The Morgan fingerprint density at radius 3 is 2.88 bits per heavy atom. The van der Waals surface area contributed by atoms with Crippen molar-refractivity contribution in [2.75, 3.05) is 11.4 Å². The highest BCUT2D eigenvalue weighted by molar-refractivity contribution is 9.10. The van der Waals surface area contributed by atoms with Crippen molar-refractivity contribution < 1.29 is 9.59 Å². The van der Waals surface area contributed by atoms with Crippen LogP contribution in [0.2, 0.25) is 5.02 Å². The van der Waals surface area contributed by atoms with Gasteiger partial charge in [0.25, 0.3) is 0 Å². The lowest BCUT2D eigenvalue weighted by Crippen LogP contribution is -2.54. The van der Waals surface area contributed by atoms with Gasteiger partial charge in [-0.2, -0.15) is 0 Å². The molecule has 0 bridgehead atoms. The smallest absolute Gasteiger partial charge is 0.292 e. The summed E-state index contributed by atoms with van der Waals surface area (Å²) in [7, 11) is 0. The van der Waals surface area contributed by atoms with Crippen LogP contribution in [0.3, 0.4) is 0 Å². The van der Waals surface area contributed by atoms with Gasteiger partial charge in [-0.05, 0) is 34.1 Å². The highest BCUT2D eigenvalue weighted by Crippen LogP contribution is 2.31. The lowest BCUT2D eigenvalue weighted by Gasteiger charge is -2.31. The number of urea groups is 1. The number of benzene rings is 1. The standard InChI is InChI=1S/C11H10BrClN2O2/c1-6-5-15(11(17)14-10(6)16)9-4-7(13)2-3-8(9)12/h2-4,6H,5H2,1H3,(H,14,16,17). The topological polar surface area (TPSA) is 49.4 Å². The fraction of sp³-hybridized carbons (Fsp3) is 0.273. The third-order valence-corrected chi connectivity index (χ3v) is 3.48. The highest BCUT2D eigenvalue weighted by atomic mass is 79.9. The first-order chi connectivity index (χ1) is 7.99. The number of imide groups is 1. The van der Waals surface area contributed by atoms with Crippen LogP contribution < -0.4 is 10.2 Å². The summed E-state index contributed by atoms with van der Waals surface area (Å²) in [4.78, 5) is 24.6. The number of carbonyl (C=O) groups excluding carboxylic acids is 2. The predicted molar refractivity (Wildman–Crippen MR) is 69.2 cm³/mol. The summed E-state index contributed by atoms with van der Waals surface area (Å²) in [6.45, 7) is 2.12. The molecule has 1 atom stereocenters. The van der Waals surface area contributed by atoms with Gasteiger partial charge in [-0.15, -0.1) is 0 Å². The number of carbonyl (C=O) groups is 2. The number of halogens is 2. The number of anilines is 1. The van der Waals surface area contributed by atoms with Crippen LogP contribution in [-0.4, -0.2) is 18.5 Å². The average Bonchev–Trinajstić information content (AvgIpc) is 2.27. The van der Waals surface area contributed by atoms with Gasteiger partial charge < -0.3 is 0 Å². The van der Waals surface area contributed by atoms with Crippen LogP contribution in [0, 0.1) is 5.92 Å². The third-order valence-electron chi connectivity index (χ3n) is 2.58. The summed E-state index contributed by atoms with van der Waals surface area (Å²) >= 11 is 9.27. The number of amides is 3. The van der Waals surface area contributed by atoms with Crippen LogP contribution >= 0.6 is 27.5 Å². The maximum absolute atomic E-state index is 11.7. The largest absolute Gasteiger partial charge is 0.328 e. The Hall–Kier alpha value is -1.07. The monoisotopic (exact) mass is 316 g/mol. The van der Waals surface area contributed by atoms with Crippen molar-refractivity contribution in [1.29, 1.82) is 0 Å². The zero-order chi connectivity index (χ0) is 12.6. The van der Waals surface area contributed by atoms with Gasteiger partial charge in [0.2, 0.25) is 5.91 Å². The Bertz CT molecular complexity index is 492. The van der Waals surface area contributed by atoms with Gasteiger partial charge in [0.1, 0.15) is 0 Å². The molecule has 0 saturated carbocycles. The van der Waals surface area contributed by atoms with Gasteiger partial charge in [0.15, 0.2) is 0 Å². The number of hydrogen-bond donors (Lipinski definition) is 1. The van der Waals surface area contributed by atoms with E-state index in [1.54, 1.807) is 25.1 Å². The average molecular weight is 318 g/mol. The molecular formula is C11H10BrClN2O2. The zero-order valence-electron chi connectivity index (χ0n) is 9.04. The van der Waals surface area contributed by atoms with Gasteiger partial charge in [-0.25, -0.2) is 4.79 Å². The van der Waals surface area contributed by atoms with E-state index in [0.717, 1.165) is 4.47 Å². The molecule has 0 radical (unpaired) electrons. The van der Waals surface area contributed by atoms with E-state index in [1.807, 2.05) is 0 Å². The van der Waals surface area contributed by atoms with Crippen LogP contribution in [0.15, 0.2) is 22.7 Å². The van der Waals surface area contributed by atoms with Crippen molar-refractivity contribution in [2.45, 2.75) is 6.92 Å². The highest BCUT2D eigenvalue weighted by Gasteiger charge is 2.30. The molecule has 1 heterocycles. The maximum atomic E-state index is 11.7. The van der Waals surface area contributed by atoms with Gasteiger partial charge in [0.05, 0.1) is 11.6 Å². The van der Waals surface area contributed by atoms with Crippen molar-refractivity contribution in [3.8, 4) is 0 Å². The Morgan fingerprint density at radius 1 is 1.47 bits per heavy atom. The first kappa shape index (κ1) is 12.4. The molecule has 0 spiro atoms. The van der Waals surface area contributed by atoms with Crippen molar-refractivity contribution in [1.82, 2.24) is 5.32 Å². The van der Waals surface area contributed by atoms with Crippen molar-refractivity contribution in [2.24, 2.45) is 5.92 Å². The fourth-order valence-electron chi connectivity index (χ4n) is 1.64. The number of hydrogen-bond acceptors (Lipinski definition) is 2. The second-order valence-electron chi connectivity index (χ2n) is 3.90. The van der Waals surface area contributed by atoms with Crippen molar-refractivity contribution >= 4 is 45.2 Å². The minimum Gasteiger partial charge on any atom is -0.292 e. The van der Waals surface area contributed by atoms with Gasteiger partial charge in [-0.1, -0.05) is 18.5 Å². The summed E-state index contributed by atoms with van der Waals surface area (Å²) in [5.41, 5.74) is 0.661. The quantitative estimate of drug-likeness (QED) is 0.866. The van der Waals surface area contributed by atoms with Crippen molar-refractivity contribution in [3.63, 3.8) is 0 Å². The minimum atomic E-state index is -0.420. The second-order valence-corrected chi connectivity index (χ2v) is 5.19. The van der Waals surface area contributed by atoms with Crippen LogP contribution in [-0.2, 0) is 4.79 Å². The van der Waals surface area contributed by atoms with E-state index >= 15 is 0 Å². The lowest BCUT2D eigenvalue weighted by atomic mass is 10.1. The van der Waals surface area contributed by atoms with E-state index in [-0.39, 0.29) is 11.8 Å². The Labute approximate surface area is 112 Å². The minimum absolute atomic E-state index is 0.237. The molecule has 1 aromatic carbocycles. The SMILES string of the molecule is CC1CN(c2cc(Cl)ccc2Br)C(=O)NC1=O. The van der Waals surface area contributed by atoms with Crippen LogP contribution in [0.1, 0.15) is 6.92 Å². The van der Waals surface area contributed by atoms with Gasteiger partial charge in [-0.3, -0.25) is 15.0 Å². The predicted octanol–water partition coefficient (Wildman–Crippen LogP) is 2.79. The number of nitrogens with one attached hydrogen (secondary N) is 1. The van der Waals surface area contributed by atoms with Gasteiger partial charge in [0, 0.05) is 16.0 Å². The molecule has 0 aliphatic carbocycles. The molecule has 90 valence electrons. The molecule has 1 unspecified atom stereocenters. The first-order valence-corrected chi connectivity index (χ1v) is 6.23. The molecule has 1 aliphatic heterocycles. The van der Waals surface area contributed by atoms with E-state index in [9.17, 15) is 9.59 Å². The van der Waals surface area contributed by atoms with Crippen LogP contribution in [0.5, 0.6) is 0 Å². The van der Waals surface area contributed by atoms with E-state index in [0.29, 0.717) is 17.3 Å². The summed E-state index contributed by atoms with van der Waals surface area (Å²) in [6.07, 6.45) is 0. The summed E-state index contributed by atoms with van der Waals surface area (Å²) in [5.74, 6) is -0.483. The molecule has 1 fully saturated rings. The Morgan fingerprint density at radius 2 is 2.18 bits per heavy atom. The molecular weight excluding hydrogens is 307 g/mol. The van der Waals surface area contributed by atoms with Crippen molar-refractivity contribution in [3.05, 3.63) is 27.7 Å². The Balaban J connectivity index is 2.36. The molecule has 3 amide bonds. The van der Waals surface area contributed by atoms with Gasteiger partial charge >= 0.3 is 6.03 Å². The van der Waals surface area contributed by atoms with E-state index < -0.39 is 6.03 Å². The summed E-state index contributed by atoms with van der Waals surface area (Å²) in [6, 6.07) is 4.77. The second kappa shape index (κ2) is 4.66. The molecule has 1 N–H and O–H groups in total. The molecule has 2 rings (SSSR count). The molecule has 1 aliphatic rings. The van der Waals surface area contributed by atoms with Crippen LogP contribution in [0.4, 0.5) is 10.5 Å².